The smallest absolute Gasteiger partial charge is 0.197 e. The van der Waals surface area contributed by atoms with Gasteiger partial charge in [-0.3, -0.25) is 4.57 Å². The molecule has 0 aliphatic heterocycles. The van der Waals surface area contributed by atoms with Gasteiger partial charge in [0.2, 0.25) is 0 Å². The van der Waals surface area contributed by atoms with E-state index < -0.39 is 0 Å². The molecule has 13 rings (SSSR count). The maximum Gasteiger partial charge on any atom is 0.197 e. The lowest BCUT2D eigenvalue weighted by Gasteiger charge is -2.24. The average Bonchev–Trinajstić information content (AvgIpc) is 3.88. The number of hydrogen-bond donors (Lipinski definition) is 0. The second-order valence-corrected chi connectivity index (χ2v) is 14.9. The molecular formula is C47H27N3O2. The first-order valence-corrected chi connectivity index (χ1v) is 17.8. The van der Waals surface area contributed by atoms with Crippen LogP contribution < -0.4 is 0 Å². The molecule has 7 aromatic carbocycles. The molecule has 0 unspecified atom stereocenters. The van der Waals surface area contributed by atoms with Crippen LogP contribution in [0.4, 0.5) is 0 Å². The SMILES string of the molecule is CC1(C)c2ccccc2-c2cccc(-c3nc(-n4c5ccc6cccc7c6c5c5c6c(ccc54)oc4cccc-7c46)c4oc5ccccc5c4n3)c21. The van der Waals surface area contributed by atoms with Gasteiger partial charge >= 0.3 is 0 Å². The van der Waals surface area contributed by atoms with Crippen LogP contribution >= 0.6 is 0 Å². The molecule has 242 valence electrons. The minimum atomic E-state index is -0.232. The van der Waals surface area contributed by atoms with Crippen molar-refractivity contribution >= 4 is 76.6 Å². The third-order valence-electron chi connectivity index (χ3n) is 11.9. The fraction of sp³-hybridized carbons (Fsp3) is 0.0638. The largest absolute Gasteiger partial charge is 0.456 e. The lowest BCUT2D eigenvalue weighted by atomic mass is 9.80. The second-order valence-electron chi connectivity index (χ2n) is 14.9. The van der Waals surface area contributed by atoms with Crippen molar-refractivity contribution < 1.29 is 8.83 Å². The lowest BCUT2D eigenvalue weighted by molar-refractivity contribution is 0.659. The van der Waals surface area contributed by atoms with Gasteiger partial charge in [0.05, 0.1) is 11.0 Å². The zero-order valence-electron chi connectivity index (χ0n) is 28.3. The lowest BCUT2D eigenvalue weighted by Crippen LogP contribution is -2.16. The summed E-state index contributed by atoms with van der Waals surface area (Å²) in [4.78, 5) is 10.9. The van der Waals surface area contributed by atoms with Gasteiger partial charge in [-0.15, -0.1) is 0 Å². The average molecular weight is 666 g/mol. The predicted octanol–water partition coefficient (Wildman–Crippen LogP) is 12.5. The number of hydrogen-bond acceptors (Lipinski definition) is 4. The van der Waals surface area contributed by atoms with Crippen molar-refractivity contribution in [2.24, 2.45) is 0 Å². The second kappa shape index (κ2) is 8.95. The summed E-state index contributed by atoms with van der Waals surface area (Å²) < 4.78 is 15.6. The molecule has 0 saturated heterocycles. The van der Waals surface area contributed by atoms with E-state index in [1.807, 2.05) is 12.1 Å². The molecule has 0 amide bonds. The number of nitrogens with zero attached hydrogens (tertiary/aromatic N) is 3. The van der Waals surface area contributed by atoms with E-state index in [4.69, 9.17) is 18.8 Å². The Balaban J connectivity index is 1.22. The predicted molar refractivity (Wildman–Crippen MR) is 210 cm³/mol. The van der Waals surface area contributed by atoms with Crippen molar-refractivity contribution in [1.29, 1.82) is 0 Å². The van der Waals surface area contributed by atoms with E-state index in [0.717, 1.165) is 60.8 Å². The molecule has 0 radical (unpaired) electrons. The highest BCUT2D eigenvalue weighted by molar-refractivity contribution is 6.38. The number of rotatable bonds is 2. The number of furan rings is 2. The van der Waals surface area contributed by atoms with Gasteiger partial charge in [0.1, 0.15) is 22.3 Å². The Hall–Kier alpha value is -6.72. The molecule has 5 heteroatoms. The van der Waals surface area contributed by atoms with Crippen LogP contribution in [0.2, 0.25) is 0 Å². The van der Waals surface area contributed by atoms with Gasteiger partial charge in [-0.05, 0) is 80.6 Å². The quantitative estimate of drug-likeness (QED) is 0.184. The molecule has 0 bridgehead atoms. The Morgan fingerprint density at radius 1 is 0.500 bits per heavy atom. The van der Waals surface area contributed by atoms with Crippen molar-refractivity contribution in [3.05, 3.63) is 139 Å². The van der Waals surface area contributed by atoms with Crippen LogP contribution in [0.5, 0.6) is 0 Å². The van der Waals surface area contributed by atoms with Crippen LogP contribution in [-0.2, 0) is 5.41 Å². The van der Waals surface area contributed by atoms with E-state index in [1.54, 1.807) is 0 Å². The van der Waals surface area contributed by atoms with E-state index in [9.17, 15) is 0 Å². The Morgan fingerprint density at radius 2 is 1.17 bits per heavy atom. The zero-order chi connectivity index (χ0) is 34.0. The van der Waals surface area contributed by atoms with Crippen molar-refractivity contribution in [1.82, 2.24) is 14.5 Å². The third kappa shape index (κ3) is 3.05. The standard InChI is InChI=1S/C47H27N3O2/c1-47(2)31-17-5-3-11-25(31)28-15-8-16-30(42(28)47)45-48-43-29-12-4-6-18-34(29)52-44(43)46(49-45)50-32-21-20-24-10-7-13-26-27-14-9-19-35-38(27)41-36(51-35)23-22-33(50)40(41)39(32)37(24)26/h3-23H,1-2H3. The van der Waals surface area contributed by atoms with Gasteiger partial charge in [-0.2, -0.15) is 0 Å². The molecule has 4 aromatic heterocycles. The number of para-hydroxylation sites is 1. The molecule has 5 nitrogen and oxygen atoms in total. The fourth-order valence-corrected chi connectivity index (χ4v) is 9.83. The van der Waals surface area contributed by atoms with Gasteiger partial charge in [-0.1, -0.05) is 105 Å². The third-order valence-corrected chi connectivity index (χ3v) is 11.9. The molecular weight excluding hydrogens is 639 g/mol. The minimum Gasteiger partial charge on any atom is -0.456 e. The van der Waals surface area contributed by atoms with Crippen LogP contribution in [0.25, 0.3) is 116 Å². The molecule has 2 aliphatic carbocycles. The molecule has 4 heterocycles. The summed E-state index contributed by atoms with van der Waals surface area (Å²) >= 11 is 0. The minimum absolute atomic E-state index is 0.232. The molecule has 0 fully saturated rings. The van der Waals surface area contributed by atoms with Gasteiger partial charge in [0.15, 0.2) is 17.2 Å². The summed E-state index contributed by atoms with van der Waals surface area (Å²) in [5.74, 6) is 1.42. The van der Waals surface area contributed by atoms with E-state index in [2.05, 4.69) is 134 Å². The summed E-state index contributed by atoms with van der Waals surface area (Å²) in [5, 5.41) is 8.11. The first-order valence-electron chi connectivity index (χ1n) is 17.8. The fourth-order valence-electron chi connectivity index (χ4n) is 9.83. The number of benzene rings is 7. The first-order chi connectivity index (χ1) is 25.6. The Labute approximate surface area is 296 Å². The highest BCUT2D eigenvalue weighted by Gasteiger charge is 2.38. The summed E-state index contributed by atoms with van der Waals surface area (Å²) in [6, 6.07) is 45.4. The van der Waals surface area contributed by atoms with Gasteiger partial charge in [0.25, 0.3) is 0 Å². The summed E-state index contributed by atoms with van der Waals surface area (Å²) in [5.41, 5.74) is 14.5. The summed E-state index contributed by atoms with van der Waals surface area (Å²) in [7, 11) is 0. The van der Waals surface area contributed by atoms with Gasteiger partial charge < -0.3 is 8.83 Å². The maximum atomic E-state index is 6.76. The molecule has 11 aromatic rings. The maximum absolute atomic E-state index is 6.76. The molecule has 0 spiro atoms. The topological polar surface area (TPSA) is 57.0 Å². The molecule has 0 N–H and O–H groups in total. The normalized spacial score (nSPS) is 14.1. The zero-order valence-corrected chi connectivity index (χ0v) is 28.3. The van der Waals surface area contributed by atoms with E-state index in [-0.39, 0.29) is 5.41 Å². The monoisotopic (exact) mass is 665 g/mol. The summed E-state index contributed by atoms with van der Waals surface area (Å²) in [6.07, 6.45) is 0. The first kappa shape index (κ1) is 27.1. The Morgan fingerprint density at radius 3 is 2.10 bits per heavy atom. The van der Waals surface area contributed by atoms with Crippen LogP contribution in [0.15, 0.2) is 136 Å². The molecule has 2 aliphatic rings. The highest BCUT2D eigenvalue weighted by atomic mass is 16.3. The van der Waals surface area contributed by atoms with Gasteiger partial charge in [0, 0.05) is 37.9 Å². The van der Waals surface area contributed by atoms with Crippen LogP contribution in [0, 0.1) is 0 Å². The highest BCUT2D eigenvalue weighted by Crippen LogP contribution is 2.53. The molecule has 0 atom stereocenters. The van der Waals surface area contributed by atoms with Crippen molar-refractivity contribution in [2.45, 2.75) is 19.3 Å². The number of aromatic nitrogens is 3. The van der Waals surface area contributed by atoms with E-state index in [1.165, 1.54) is 54.9 Å². The molecule has 52 heavy (non-hydrogen) atoms. The summed E-state index contributed by atoms with van der Waals surface area (Å²) in [6.45, 7) is 4.63. The van der Waals surface area contributed by atoms with Crippen LogP contribution in [-0.4, -0.2) is 14.5 Å². The van der Waals surface area contributed by atoms with E-state index >= 15 is 0 Å². The van der Waals surface area contributed by atoms with E-state index in [0.29, 0.717) is 11.4 Å². The van der Waals surface area contributed by atoms with Crippen LogP contribution in [0.3, 0.4) is 0 Å². The molecule has 0 saturated carbocycles. The van der Waals surface area contributed by atoms with Crippen molar-refractivity contribution in [3.63, 3.8) is 0 Å². The Bertz CT molecular complexity index is 3450. The van der Waals surface area contributed by atoms with Crippen molar-refractivity contribution in [2.75, 3.05) is 0 Å². The number of fused-ring (bicyclic) bond motifs is 7. The van der Waals surface area contributed by atoms with Crippen molar-refractivity contribution in [3.8, 4) is 39.5 Å². The van der Waals surface area contributed by atoms with Crippen LogP contribution in [0.1, 0.15) is 25.0 Å². The van der Waals surface area contributed by atoms with Gasteiger partial charge in [-0.25, -0.2) is 9.97 Å². The Kier molecular flexibility index (Phi) is 4.66.